The Morgan fingerprint density at radius 1 is 1.38 bits per heavy atom. The summed E-state index contributed by atoms with van der Waals surface area (Å²) < 4.78 is 5.43. The van der Waals surface area contributed by atoms with E-state index in [-0.39, 0.29) is 5.54 Å². The standard InChI is InChI=1S/C12H21N3O/c1-3-6-10-14-11(16-15-10)12(7-4-2)8-5-9-13-12/h13H,3-9H2,1-2H3. The Bertz CT molecular complexity index is 329. The lowest BCUT2D eigenvalue weighted by atomic mass is 9.92. The maximum Gasteiger partial charge on any atom is 0.246 e. The van der Waals surface area contributed by atoms with Crippen molar-refractivity contribution in [3.63, 3.8) is 0 Å². The quantitative estimate of drug-likeness (QED) is 0.832. The molecule has 1 aliphatic heterocycles. The van der Waals surface area contributed by atoms with E-state index < -0.39 is 0 Å². The molecule has 2 heterocycles. The van der Waals surface area contributed by atoms with Gasteiger partial charge in [-0.25, -0.2) is 0 Å². The van der Waals surface area contributed by atoms with Gasteiger partial charge in [0.15, 0.2) is 5.82 Å². The van der Waals surface area contributed by atoms with E-state index in [9.17, 15) is 0 Å². The minimum atomic E-state index is -0.0340. The first kappa shape index (κ1) is 11.6. The van der Waals surface area contributed by atoms with Gasteiger partial charge in [-0.1, -0.05) is 25.4 Å². The van der Waals surface area contributed by atoms with Crippen molar-refractivity contribution in [1.82, 2.24) is 15.5 Å². The van der Waals surface area contributed by atoms with E-state index in [0.717, 1.165) is 50.4 Å². The molecule has 0 aromatic carbocycles. The molecule has 0 saturated carbocycles. The zero-order valence-corrected chi connectivity index (χ0v) is 10.3. The van der Waals surface area contributed by atoms with Crippen molar-refractivity contribution in [2.75, 3.05) is 6.54 Å². The minimum Gasteiger partial charge on any atom is -0.337 e. The van der Waals surface area contributed by atoms with Crippen molar-refractivity contribution in [2.45, 2.75) is 57.9 Å². The first-order valence-electron chi connectivity index (χ1n) is 6.39. The fourth-order valence-electron chi connectivity index (χ4n) is 2.51. The van der Waals surface area contributed by atoms with Gasteiger partial charge >= 0.3 is 0 Å². The number of hydrogen-bond acceptors (Lipinski definition) is 4. The Kier molecular flexibility index (Phi) is 3.59. The molecular weight excluding hydrogens is 202 g/mol. The summed E-state index contributed by atoms with van der Waals surface area (Å²) in [5.74, 6) is 1.65. The number of hydrogen-bond donors (Lipinski definition) is 1. The third-order valence-corrected chi connectivity index (χ3v) is 3.27. The summed E-state index contributed by atoms with van der Waals surface area (Å²) in [6.07, 6.45) is 6.51. The Balaban J connectivity index is 2.18. The first-order valence-corrected chi connectivity index (χ1v) is 6.39. The van der Waals surface area contributed by atoms with Crippen molar-refractivity contribution >= 4 is 0 Å². The average molecular weight is 223 g/mol. The highest BCUT2D eigenvalue weighted by atomic mass is 16.5. The normalized spacial score (nSPS) is 25.1. The van der Waals surface area contributed by atoms with Crippen LogP contribution in [-0.4, -0.2) is 16.7 Å². The molecule has 0 radical (unpaired) electrons. The lowest BCUT2D eigenvalue weighted by Crippen LogP contribution is -2.37. The largest absolute Gasteiger partial charge is 0.337 e. The summed E-state index contributed by atoms with van der Waals surface area (Å²) in [4.78, 5) is 4.53. The van der Waals surface area contributed by atoms with Crippen LogP contribution in [0.4, 0.5) is 0 Å². The number of nitrogens with one attached hydrogen (secondary N) is 1. The SMILES string of the molecule is CCCc1noc(C2(CCC)CCCN2)n1. The fraction of sp³-hybridized carbons (Fsp3) is 0.833. The van der Waals surface area contributed by atoms with Gasteiger partial charge in [0.05, 0.1) is 5.54 Å². The van der Waals surface area contributed by atoms with Crippen molar-refractivity contribution < 1.29 is 4.52 Å². The van der Waals surface area contributed by atoms with Crippen LogP contribution in [0.15, 0.2) is 4.52 Å². The van der Waals surface area contributed by atoms with E-state index in [4.69, 9.17) is 4.52 Å². The molecular formula is C12H21N3O. The highest BCUT2D eigenvalue weighted by molar-refractivity contribution is 5.06. The Hall–Kier alpha value is -0.900. The molecule has 1 unspecified atom stereocenters. The van der Waals surface area contributed by atoms with Crippen LogP contribution in [0.3, 0.4) is 0 Å². The molecule has 0 amide bonds. The second-order valence-corrected chi connectivity index (χ2v) is 4.63. The molecule has 90 valence electrons. The predicted octanol–water partition coefficient (Wildman–Crippen LogP) is 2.40. The molecule has 16 heavy (non-hydrogen) atoms. The highest BCUT2D eigenvalue weighted by Gasteiger charge is 2.39. The molecule has 0 bridgehead atoms. The third kappa shape index (κ3) is 2.12. The molecule has 1 atom stereocenters. The zero-order valence-electron chi connectivity index (χ0n) is 10.3. The van der Waals surface area contributed by atoms with E-state index >= 15 is 0 Å². The topological polar surface area (TPSA) is 51.0 Å². The Labute approximate surface area is 96.8 Å². The molecule has 2 rings (SSSR count). The van der Waals surface area contributed by atoms with Crippen LogP contribution >= 0.6 is 0 Å². The number of nitrogens with zero attached hydrogens (tertiary/aromatic N) is 2. The molecule has 4 nitrogen and oxygen atoms in total. The minimum absolute atomic E-state index is 0.0340. The molecule has 1 N–H and O–H groups in total. The van der Waals surface area contributed by atoms with Crippen LogP contribution in [0.1, 0.15) is 57.7 Å². The Morgan fingerprint density at radius 3 is 2.88 bits per heavy atom. The van der Waals surface area contributed by atoms with E-state index in [1.54, 1.807) is 0 Å². The van der Waals surface area contributed by atoms with Gasteiger partial charge in [-0.3, -0.25) is 0 Å². The van der Waals surface area contributed by atoms with Gasteiger partial charge in [0, 0.05) is 6.42 Å². The van der Waals surface area contributed by atoms with Gasteiger partial charge in [-0.15, -0.1) is 0 Å². The third-order valence-electron chi connectivity index (χ3n) is 3.27. The maximum absolute atomic E-state index is 5.43. The second-order valence-electron chi connectivity index (χ2n) is 4.63. The van der Waals surface area contributed by atoms with Crippen LogP contribution in [-0.2, 0) is 12.0 Å². The summed E-state index contributed by atoms with van der Waals surface area (Å²) >= 11 is 0. The molecule has 0 aliphatic carbocycles. The van der Waals surface area contributed by atoms with E-state index in [1.165, 1.54) is 6.42 Å². The fourth-order valence-corrected chi connectivity index (χ4v) is 2.51. The van der Waals surface area contributed by atoms with E-state index in [0.29, 0.717) is 0 Å². The van der Waals surface area contributed by atoms with Crippen molar-refractivity contribution in [2.24, 2.45) is 0 Å². The van der Waals surface area contributed by atoms with E-state index in [1.807, 2.05) is 0 Å². The maximum atomic E-state index is 5.43. The molecule has 4 heteroatoms. The number of aromatic nitrogens is 2. The molecule has 1 fully saturated rings. The monoisotopic (exact) mass is 223 g/mol. The van der Waals surface area contributed by atoms with Gasteiger partial charge in [-0.05, 0) is 32.2 Å². The number of aryl methyl sites for hydroxylation is 1. The van der Waals surface area contributed by atoms with E-state index in [2.05, 4.69) is 29.3 Å². The molecule has 1 saturated heterocycles. The summed E-state index contributed by atoms with van der Waals surface area (Å²) in [6, 6.07) is 0. The number of rotatable bonds is 5. The molecule has 1 aromatic rings. The average Bonchev–Trinajstić information content (AvgIpc) is 2.88. The highest BCUT2D eigenvalue weighted by Crippen LogP contribution is 2.34. The zero-order chi connectivity index (χ0) is 11.4. The van der Waals surface area contributed by atoms with Gasteiger partial charge in [0.25, 0.3) is 0 Å². The lowest BCUT2D eigenvalue weighted by molar-refractivity contribution is 0.240. The van der Waals surface area contributed by atoms with Gasteiger partial charge in [-0.2, -0.15) is 4.98 Å². The van der Waals surface area contributed by atoms with Crippen LogP contribution in [0.2, 0.25) is 0 Å². The van der Waals surface area contributed by atoms with Crippen LogP contribution in [0.25, 0.3) is 0 Å². The van der Waals surface area contributed by atoms with Crippen molar-refractivity contribution in [3.8, 4) is 0 Å². The van der Waals surface area contributed by atoms with Crippen LogP contribution in [0, 0.1) is 0 Å². The van der Waals surface area contributed by atoms with Crippen molar-refractivity contribution in [3.05, 3.63) is 11.7 Å². The smallest absolute Gasteiger partial charge is 0.246 e. The summed E-state index contributed by atoms with van der Waals surface area (Å²) in [5, 5.41) is 7.60. The predicted molar refractivity (Wildman–Crippen MR) is 62.1 cm³/mol. The van der Waals surface area contributed by atoms with Crippen molar-refractivity contribution in [1.29, 1.82) is 0 Å². The Morgan fingerprint density at radius 2 is 2.25 bits per heavy atom. The van der Waals surface area contributed by atoms with Gasteiger partial charge < -0.3 is 9.84 Å². The van der Waals surface area contributed by atoms with Crippen LogP contribution in [0.5, 0.6) is 0 Å². The lowest BCUT2D eigenvalue weighted by Gasteiger charge is -2.24. The summed E-state index contributed by atoms with van der Waals surface area (Å²) in [6.45, 7) is 5.39. The van der Waals surface area contributed by atoms with Crippen LogP contribution < -0.4 is 5.32 Å². The molecule has 1 aliphatic rings. The summed E-state index contributed by atoms with van der Waals surface area (Å²) in [5.41, 5.74) is -0.0340. The molecule has 1 aromatic heterocycles. The summed E-state index contributed by atoms with van der Waals surface area (Å²) in [7, 11) is 0. The second kappa shape index (κ2) is 4.95. The molecule has 0 spiro atoms. The van der Waals surface area contributed by atoms with Gasteiger partial charge in [0.2, 0.25) is 5.89 Å². The van der Waals surface area contributed by atoms with Gasteiger partial charge in [0.1, 0.15) is 0 Å². The first-order chi connectivity index (χ1) is 7.80.